The molecule has 2 heterocycles. The second-order valence-corrected chi connectivity index (χ2v) is 4.76. The van der Waals surface area contributed by atoms with Crippen LogP contribution < -0.4 is 11.1 Å². The number of rotatable bonds is 5. The summed E-state index contributed by atoms with van der Waals surface area (Å²) >= 11 is 0. The predicted molar refractivity (Wildman–Crippen MR) is 73.7 cm³/mol. The highest BCUT2D eigenvalue weighted by Crippen LogP contribution is 2.22. The van der Waals surface area contributed by atoms with Crippen LogP contribution in [0.4, 0.5) is 5.82 Å². The quantitative estimate of drug-likeness (QED) is 0.847. The number of nitrogens with two attached hydrogens (primary N) is 1. The number of aromatic nitrogens is 3. The molecule has 0 aliphatic carbocycles. The molecule has 98 valence electrons. The Balaban J connectivity index is 2.44. The molecule has 0 saturated carbocycles. The first-order valence-corrected chi connectivity index (χ1v) is 6.43. The lowest BCUT2D eigenvalue weighted by molar-refractivity contribution is 0.442. The van der Waals surface area contributed by atoms with E-state index in [-0.39, 0.29) is 5.54 Å². The van der Waals surface area contributed by atoms with Crippen molar-refractivity contribution in [1.82, 2.24) is 14.6 Å². The standard InChI is InChI=1S/C13H21N5/c1-4-13(5-2,8-14)17-12-7-10(3)6-11-15-9-16-18(11)12/h6-7,9,17H,4-5,8,14H2,1-3H3. The number of hydrogen-bond donors (Lipinski definition) is 2. The van der Waals surface area contributed by atoms with Crippen molar-refractivity contribution >= 4 is 11.5 Å². The van der Waals surface area contributed by atoms with Gasteiger partial charge in [0.15, 0.2) is 5.65 Å². The Morgan fingerprint density at radius 1 is 1.33 bits per heavy atom. The molecule has 5 nitrogen and oxygen atoms in total. The van der Waals surface area contributed by atoms with Crippen molar-refractivity contribution in [1.29, 1.82) is 0 Å². The molecule has 0 aliphatic heterocycles. The summed E-state index contributed by atoms with van der Waals surface area (Å²) in [4.78, 5) is 4.23. The molecule has 2 rings (SSSR count). The summed E-state index contributed by atoms with van der Waals surface area (Å²) in [6.07, 6.45) is 3.52. The smallest absolute Gasteiger partial charge is 0.157 e. The van der Waals surface area contributed by atoms with E-state index in [1.54, 1.807) is 6.33 Å². The van der Waals surface area contributed by atoms with Crippen molar-refractivity contribution in [3.63, 3.8) is 0 Å². The molecule has 5 heteroatoms. The highest BCUT2D eigenvalue weighted by molar-refractivity contribution is 5.52. The Kier molecular flexibility index (Phi) is 3.52. The van der Waals surface area contributed by atoms with E-state index in [1.165, 1.54) is 0 Å². The van der Waals surface area contributed by atoms with Gasteiger partial charge in [0.1, 0.15) is 12.1 Å². The number of anilines is 1. The Labute approximate surface area is 107 Å². The van der Waals surface area contributed by atoms with E-state index in [0.29, 0.717) is 6.54 Å². The van der Waals surface area contributed by atoms with E-state index >= 15 is 0 Å². The van der Waals surface area contributed by atoms with Crippen molar-refractivity contribution < 1.29 is 0 Å². The fraction of sp³-hybridized carbons (Fsp3) is 0.538. The van der Waals surface area contributed by atoms with Gasteiger partial charge in [-0.3, -0.25) is 0 Å². The van der Waals surface area contributed by atoms with Crippen molar-refractivity contribution in [2.24, 2.45) is 5.73 Å². The zero-order valence-electron chi connectivity index (χ0n) is 11.3. The molecule has 0 bridgehead atoms. The van der Waals surface area contributed by atoms with Crippen molar-refractivity contribution in [2.75, 3.05) is 11.9 Å². The Morgan fingerprint density at radius 3 is 2.67 bits per heavy atom. The van der Waals surface area contributed by atoms with Crippen LogP contribution in [-0.4, -0.2) is 26.7 Å². The molecule has 3 N–H and O–H groups in total. The largest absolute Gasteiger partial charge is 0.363 e. The summed E-state index contributed by atoms with van der Waals surface area (Å²) in [7, 11) is 0. The fourth-order valence-corrected chi connectivity index (χ4v) is 2.18. The van der Waals surface area contributed by atoms with Crippen molar-refractivity contribution in [3.05, 3.63) is 24.0 Å². The Bertz CT molecular complexity index is 519. The van der Waals surface area contributed by atoms with Crippen molar-refractivity contribution in [2.45, 2.75) is 39.2 Å². The second kappa shape index (κ2) is 4.94. The van der Waals surface area contributed by atoms with Crippen molar-refractivity contribution in [3.8, 4) is 0 Å². The number of hydrogen-bond acceptors (Lipinski definition) is 4. The van der Waals surface area contributed by atoms with E-state index in [0.717, 1.165) is 29.9 Å². The maximum atomic E-state index is 5.93. The Hall–Kier alpha value is -1.62. The van der Waals surface area contributed by atoms with E-state index in [9.17, 15) is 0 Å². The van der Waals surface area contributed by atoms with Crippen LogP contribution in [0, 0.1) is 6.92 Å². The minimum absolute atomic E-state index is 0.0767. The molecular formula is C13H21N5. The maximum absolute atomic E-state index is 5.93. The minimum atomic E-state index is -0.0767. The fourth-order valence-electron chi connectivity index (χ4n) is 2.18. The molecule has 2 aromatic heterocycles. The molecule has 2 aromatic rings. The molecule has 0 aliphatic rings. The van der Waals surface area contributed by atoms with Gasteiger partial charge >= 0.3 is 0 Å². The van der Waals surface area contributed by atoms with Gasteiger partial charge in [-0.05, 0) is 37.5 Å². The van der Waals surface area contributed by atoms with Gasteiger partial charge in [-0.2, -0.15) is 9.61 Å². The maximum Gasteiger partial charge on any atom is 0.157 e. The normalized spacial score (nSPS) is 12.0. The van der Waals surface area contributed by atoms with E-state index < -0.39 is 0 Å². The SMILES string of the molecule is CCC(CC)(CN)Nc1cc(C)cc2ncnn12. The molecule has 0 spiro atoms. The molecule has 0 atom stereocenters. The molecule has 0 unspecified atom stereocenters. The second-order valence-electron chi connectivity index (χ2n) is 4.76. The molecule has 18 heavy (non-hydrogen) atoms. The first-order chi connectivity index (χ1) is 8.64. The summed E-state index contributed by atoms with van der Waals surface area (Å²) in [5.41, 5.74) is 7.87. The first kappa shape index (κ1) is 12.8. The summed E-state index contributed by atoms with van der Waals surface area (Å²) in [5, 5.41) is 7.80. The van der Waals surface area contributed by atoms with Crippen LogP contribution >= 0.6 is 0 Å². The number of pyridine rings is 1. The molecule has 0 radical (unpaired) electrons. The summed E-state index contributed by atoms with van der Waals surface area (Å²) in [6, 6.07) is 4.09. The molecule has 0 aromatic carbocycles. The monoisotopic (exact) mass is 247 g/mol. The highest BCUT2D eigenvalue weighted by atomic mass is 15.3. The van der Waals surface area contributed by atoms with E-state index in [1.807, 2.05) is 10.6 Å². The van der Waals surface area contributed by atoms with E-state index in [2.05, 4.69) is 42.2 Å². The van der Waals surface area contributed by atoms with Crippen LogP contribution in [0.15, 0.2) is 18.5 Å². The predicted octanol–water partition coefficient (Wildman–Crippen LogP) is 1.97. The third-order valence-electron chi connectivity index (χ3n) is 3.66. The summed E-state index contributed by atoms with van der Waals surface area (Å²) in [6.45, 7) is 6.96. The molecule has 0 saturated heterocycles. The number of nitrogens with one attached hydrogen (secondary N) is 1. The number of aryl methyl sites for hydroxylation is 1. The van der Waals surface area contributed by atoms with Gasteiger partial charge in [0.05, 0.1) is 5.54 Å². The zero-order valence-corrected chi connectivity index (χ0v) is 11.3. The van der Waals surface area contributed by atoms with Gasteiger partial charge in [-0.25, -0.2) is 4.98 Å². The third-order valence-corrected chi connectivity index (χ3v) is 3.66. The highest BCUT2D eigenvalue weighted by Gasteiger charge is 2.25. The van der Waals surface area contributed by atoms with Crippen LogP contribution in [-0.2, 0) is 0 Å². The first-order valence-electron chi connectivity index (χ1n) is 6.43. The average molecular weight is 247 g/mol. The van der Waals surface area contributed by atoms with Crippen LogP contribution in [0.5, 0.6) is 0 Å². The lowest BCUT2D eigenvalue weighted by atomic mass is 9.93. The van der Waals surface area contributed by atoms with Gasteiger partial charge in [-0.15, -0.1) is 0 Å². The van der Waals surface area contributed by atoms with E-state index in [4.69, 9.17) is 5.73 Å². The van der Waals surface area contributed by atoms with Gasteiger partial charge < -0.3 is 11.1 Å². The molecule has 0 fully saturated rings. The number of nitrogens with zero attached hydrogens (tertiary/aromatic N) is 3. The lowest BCUT2D eigenvalue weighted by Gasteiger charge is -2.32. The van der Waals surface area contributed by atoms with Crippen LogP contribution in [0.25, 0.3) is 5.65 Å². The summed E-state index contributed by atoms with van der Waals surface area (Å²) < 4.78 is 1.82. The lowest BCUT2D eigenvalue weighted by Crippen LogP contribution is -2.44. The van der Waals surface area contributed by atoms with Gasteiger partial charge in [0, 0.05) is 6.54 Å². The minimum Gasteiger partial charge on any atom is -0.363 e. The topological polar surface area (TPSA) is 68.2 Å². The van der Waals surface area contributed by atoms with Crippen LogP contribution in [0.1, 0.15) is 32.3 Å². The third kappa shape index (κ3) is 2.18. The van der Waals surface area contributed by atoms with Gasteiger partial charge in [0.2, 0.25) is 0 Å². The van der Waals surface area contributed by atoms with Crippen LogP contribution in [0.3, 0.4) is 0 Å². The Morgan fingerprint density at radius 2 is 2.06 bits per heavy atom. The summed E-state index contributed by atoms with van der Waals surface area (Å²) in [5.74, 6) is 0.955. The average Bonchev–Trinajstić information content (AvgIpc) is 2.84. The number of fused-ring (bicyclic) bond motifs is 1. The van der Waals surface area contributed by atoms with Gasteiger partial charge in [0.25, 0.3) is 0 Å². The van der Waals surface area contributed by atoms with Gasteiger partial charge in [-0.1, -0.05) is 13.8 Å². The molecular weight excluding hydrogens is 226 g/mol. The van der Waals surface area contributed by atoms with Crippen LogP contribution in [0.2, 0.25) is 0 Å². The molecule has 0 amide bonds. The zero-order chi connectivity index (χ0) is 13.2.